The monoisotopic (exact) mass is 313 g/mol. The lowest BCUT2D eigenvalue weighted by Gasteiger charge is -2.46. The molecule has 0 amide bonds. The van der Waals surface area contributed by atoms with Crippen LogP contribution < -0.4 is 26.6 Å². The standard InChI is InChI=1S/C17H39N5/c1-6-18-7-8-19-9-10-20-11-12-21-15-13-16(2,3)22-17(4,5)14-15/h15,18-22H,6-14H2,1-5H3. The second kappa shape index (κ2) is 9.83. The van der Waals surface area contributed by atoms with Gasteiger partial charge in [0.05, 0.1) is 0 Å². The summed E-state index contributed by atoms with van der Waals surface area (Å²) in [4.78, 5) is 0. The Kier molecular flexibility index (Phi) is 8.87. The molecule has 1 fully saturated rings. The minimum absolute atomic E-state index is 0.225. The Morgan fingerprint density at radius 3 is 1.73 bits per heavy atom. The van der Waals surface area contributed by atoms with Crippen molar-refractivity contribution in [2.75, 3.05) is 45.8 Å². The molecule has 0 aliphatic carbocycles. The minimum Gasteiger partial charge on any atom is -0.316 e. The molecule has 22 heavy (non-hydrogen) atoms. The highest BCUT2D eigenvalue weighted by Gasteiger charge is 2.37. The van der Waals surface area contributed by atoms with Crippen LogP contribution in [0.15, 0.2) is 0 Å². The number of nitrogens with one attached hydrogen (secondary N) is 5. The van der Waals surface area contributed by atoms with Crippen LogP contribution in [0.1, 0.15) is 47.5 Å². The minimum atomic E-state index is 0.225. The fourth-order valence-electron chi connectivity index (χ4n) is 3.61. The molecule has 0 saturated carbocycles. The lowest BCUT2D eigenvalue weighted by atomic mass is 9.79. The molecular formula is C17H39N5. The zero-order chi connectivity index (χ0) is 16.5. The van der Waals surface area contributed by atoms with Gasteiger partial charge in [-0.05, 0) is 47.1 Å². The molecule has 0 bridgehead atoms. The third-order valence-corrected chi connectivity index (χ3v) is 4.13. The third kappa shape index (κ3) is 9.06. The third-order valence-electron chi connectivity index (χ3n) is 4.13. The van der Waals surface area contributed by atoms with E-state index in [1.165, 1.54) is 12.8 Å². The summed E-state index contributed by atoms with van der Waals surface area (Å²) in [7, 11) is 0. The maximum atomic E-state index is 3.73. The first-order valence-electron chi connectivity index (χ1n) is 8.99. The van der Waals surface area contributed by atoms with Gasteiger partial charge in [-0.15, -0.1) is 0 Å². The van der Waals surface area contributed by atoms with Gasteiger partial charge in [-0.3, -0.25) is 0 Å². The van der Waals surface area contributed by atoms with Crippen LogP contribution in [-0.2, 0) is 0 Å². The van der Waals surface area contributed by atoms with Gasteiger partial charge >= 0.3 is 0 Å². The van der Waals surface area contributed by atoms with E-state index in [2.05, 4.69) is 61.2 Å². The first-order chi connectivity index (χ1) is 10.3. The van der Waals surface area contributed by atoms with E-state index in [-0.39, 0.29) is 11.1 Å². The van der Waals surface area contributed by atoms with E-state index in [0.717, 1.165) is 45.8 Å². The van der Waals surface area contributed by atoms with Crippen LogP contribution in [0.25, 0.3) is 0 Å². The van der Waals surface area contributed by atoms with Crippen molar-refractivity contribution < 1.29 is 0 Å². The Morgan fingerprint density at radius 2 is 1.23 bits per heavy atom. The Morgan fingerprint density at radius 1 is 0.773 bits per heavy atom. The summed E-state index contributed by atoms with van der Waals surface area (Å²) < 4.78 is 0. The Bertz CT molecular complexity index is 275. The molecule has 5 N–H and O–H groups in total. The maximum Gasteiger partial charge on any atom is 0.0144 e. The van der Waals surface area contributed by atoms with Crippen molar-refractivity contribution in [1.29, 1.82) is 0 Å². The van der Waals surface area contributed by atoms with E-state index in [9.17, 15) is 0 Å². The van der Waals surface area contributed by atoms with Crippen LogP contribution in [-0.4, -0.2) is 62.9 Å². The highest BCUT2D eigenvalue weighted by molar-refractivity contribution is 4.99. The fourth-order valence-corrected chi connectivity index (χ4v) is 3.61. The normalized spacial score (nSPS) is 21.1. The Balaban J connectivity index is 2.00. The number of hydrogen-bond acceptors (Lipinski definition) is 5. The summed E-state index contributed by atoms with van der Waals surface area (Å²) in [5.74, 6) is 0. The van der Waals surface area contributed by atoms with E-state index in [1.807, 2.05) is 0 Å². The van der Waals surface area contributed by atoms with E-state index in [4.69, 9.17) is 0 Å². The van der Waals surface area contributed by atoms with Crippen molar-refractivity contribution in [1.82, 2.24) is 26.6 Å². The molecule has 1 rings (SSSR count). The van der Waals surface area contributed by atoms with Gasteiger partial charge in [-0.2, -0.15) is 0 Å². The first-order valence-corrected chi connectivity index (χ1v) is 8.99. The summed E-state index contributed by atoms with van der Waals surface area (Å²) in [5, 5.41) is 17.7. The summed E-state index contributed by atoms with van der Waals surface area (Å²) in [6.07, 6.45) is 2.39. The summed E-state index contributed by atoms with van der Waals surface area (Å²) in [6.45, 7) is 18.7. The number of hydrogen-bond donors (Lipinski definition) is 5. The molecule has 0 spiro atoms. The van der Waals surface area contributed by atoms with E-state index in [1.54, 1.807) is 0 Å². The molecular weight excluding hydrogens is 274 g/mol. The predicted molar refractivity (Wildman–Crippen MR) is 96.6 cm³/mol. The second-order valence-electron chi connectivity index (χ2n) is 7.81. The molecule has 5 nitrogen and oxygen atoms in total. The number of likely N-dealkylation sites (N-methyl/N-ethyl adjacent to an activating group) is 1. The van der Waals surface area contributed by atoms with Crippen molar-refractivity contribution in [3.8, 4) is 0 Å². The summed E-state index contributed by atoms with van der Waals surface area (Å²) in [5.41, 5.74) is 0.451. The molecule has 0 aromatic rings. The van der Waals surface area contributed by atoms with E-state index < -0.39 is 0 Å². The van der Waals surface area contributed by atoms with Gasteiger partial charge in [0.1, 0.15) is 0 Å². The SMILES string of the molecule is CCNCCNCCNCCNC1CC(C)(C)NC(C)(C)C1. The van der Waals surface area contributed by atoms with Gasteiger partial charge in [0, 0.05) is 56.4 Å². The van der Waals surface area contributed by atoms with Crippen LogP contribution in [0, 0.1) is 0 Å². The van der Waals surface area contributed by atoms with Crippen molar-refractivity contribution >= 4 is 0 Å². The molecule has 1 saturated heterocycles. The van der Waals surface area contributed by atoms with Gasteiger partial charge in [-0.1, -0.05) is 6.92 Å². The number of rotatable bonds is 11. The molecule has 0 aromatic heterocycles. The van der Waals surface area contributed by atoms with Crippen molar-refractivity contribution in [2.24, 2.45) is 0 Å². The van der Waals surface area contributed by atoms with Crippen molar-refractivity contribution in [3.05, 3.63) is 0 Å². The highest BCUT2D eigenvalue weighted by atomic mass is 15.1. The molecule has 0 unspecified atom stereocenters. The van der Waals surface area contributed by atoms with E-state index >= 15 is 0 Å². The van der Waals surface area contributed by atoms with Crippen LogP contribution in [0.2, 0.25) is 0 Å². The quantitative estimate of drug-likeness (QED) is 0.363. The molecule has 0 aromatic carbocycles. The molecule has 1 heterocycles. The zero-order valence-corrected chi connectivity index (χ0v) is 15.4. The zero-order valence-electron chi connectivity index (χ0n) is 15.4. The molecule has 1 aliphatic rings. The van der Waals surface area contributed by atoms with E-state index in [0.29, 0.717) is 6.04 Å². The molecule has 132 valence electrons. The van der Waals surface area contributed by atoms with Crippen LogP contribution >= 0.6 is 0 Å². The maximum absolute atomic E-state index is 3.73. The molecule has 5 heteroatoms. The molecule has 0 atom stereocenters. The largest absolute Gasteiger partial charge is 0.316 e. The average molecular weight is 314 g/mol. The Labute approximate surface area is 137 Å². The van der Waals surface area contributed by atoms with Crippen molar-refractivity contribution in [3.63, 3.8) is 0 Å². The predicted octanol–water partition coefficient (Wildman–Crippen LogP) is 0.674. The van der Waals surface area contributed by atoms with Crippen molar-refractivity contribution in [2.45, 2.75) is 64.6 Å². The topological polar surface area (TPSA) is 60.1 Å². The van der Waals surface area contributed by atoms with Crippen LogP contribution in [0.4, 0.5) is 0 Å². The average Bonchev–Trinajstić information content (AvgIpc) is 2.37. The van der Waals surface area contributed by atoms with Gasteiger partial charge in [0.15, 0.2) is 0 Å². The lowest BCUT2D eigenvalue weighted by molar-refractivity contribution is 0.146. The lowest BCUT2D eigenvalue weighted by Crippen LogP contribution is -2.61. The summed E-state index contributed by atoms with van der Waals surface area (Å²) >= 11 is 0. The highest BCUT2D eigenvalue weighted by Crippen LogP contribution is 2.28. The Hall–Kier alpha value is -0.200. The summed E-state index contributed by atoms with van der Waals surface area (Å²) in [6, 6.07) is 0.617. The smallest absolute Gasteiger partial charge is 0.0144 e. The molecule has 1 aliphatic heterocycles. The van der Waals surface area contributed by atoms with Crippen LogP contribution in [0.3, 0.4) is 0 Å². The molecule has 0 radical (unpaired) electrons. The van der Waals surface area contributed by atoms with Gasteiger partial charge in [-0.25, -0.2) is 0 Å². The van der Waals surface area contributed by atoms with Gasteiger partial charge in [0.25, 0.3) is 0 Å². The van der Waals surface area contributed by atoms with Gasteiger partial charge < -0.3 is 26.6 Å². The fraction of sp³-hybridized carbons (Fsp3) is 1.00. The second-order valence-corrected chi connectivity index (χ2v) is 7.81. The van der Waals surface area contributed by atoms with Gasteiger partial charge in [0.2, 0.25) is 0 Å². The number of piperidine rings is 1. The first kappa shape index (κ1) is 19.8. The van der Waals surface area contributed by atoms with Crippen LogP contribution in [0.5, 0.6) is 0 Å².